The Morgan fingerprint density at radius 1 is 1.22 bits per heavy atom. The standard InChI is InChI=1S/C17H16ClN3O2/c1-10-4-5-12(13(18)8-10)9-21-11(2)19-16-15(21)7-6-14(20-16)17(22)23-3/h4-8H,9H2,1-3H3. The molecule has 0 bridgehead atoms. The number of pyridine rings is 1. The molecule has 0 fully saturated rings. The summed E-state index contributed by atoms with van der Waals surface area (Å²) in [5.41, 5.74) is 3.76. The zero-order chi connectivity index (χ0) is 16.6. The van der Waals surface area contributed by atoms with Crippen molar-refractivity contribution >= 4 is 28.7 Å². The third-order valence-electron chi connectivity index (χ3n) is 3.74. The molecule has 0 N–H and O–H groups in total. The summed E-state index contributed by atoms with van der Waals surface area (Å²) in [4.78, 5) is 20.3. The minimum atomic E-state index is -0.472. The third-order valence-corrected chi connectivity index (χ3v) is 4.09. The van der Waals surface area contributed by atoms with Gasteiger partial charge in [-0.3, -0.25) is 0 Å². The van der Waals surface area contributed by atoms with Crippen LogP contribution in [0.3, 0.4) is 0 Å². The minimum absolute atomic E-state index is 0.248. The van der Waals surface area contributed by atoms with Gasteiger partial charge in [0.25, 0.3) is 0 Å². The second-order valence-electron chi connectivity index (χ2n) is 5.37. The van der Waals surface area contributed by atoms with E-state index in [1.165, 1.54) is 7.11 Å². The molecule has 5 nitrogen and oxygen atoms in total. The SMILES string of the molecule is COC(=O)c1ccc2c(n1)nc(C)n2Cc1ccc(C)cc1Cl. The highest BCUT2D eigenvalue weighted by molar-refractivity contribution is 6.31. The second-order valence-corrected chi connectivity index (χ2v) is 5.78. The molecule has 0 saturated heterocycles. The first-order valence-corrected chi connectivity index (χ1v) is 7.54. The summed E-state index contributed by atoms with van der Waals surface area (Å²) in [7, 11) is 1.33. The Labute approximate surface area is 138 Å². The van der Waals surface area contributed by atoms with E-state index in [9.17, 15) is 4.79 Å². The average Bonchev–Trinajstić information content (AvgIpc) is 2.84. The van der Waals surface area contributed by atoms with Crippen LogP contribution in [-0.2, 0) is 11.3 Å². The zero-order valence-electron chi connectivity index (χ0n) is 13.1. The highest BCUT2D eigenvalue weighted by atomic mass is 35.5. The molecule has 1 aromatic carbocycles. The van der Waals surface area contributed by atoms with E-state index in [4.69, 9.17) is 16.3 Å². The van der Waals surface area contributed by atoms with Crippen molar-refractivity contribution in [1.82, 2.24) is 14.5 Å². The lowest BCUT2D eigenvalue weighted by Gasteiger charge is -2.09. The molecule has 0 radical (unpaired) electrons. The number of benzene rings is 1. The summed E-state index contributed by atoms with van der Waals surface area (Å²) in [5, 5.41) is 0.727. The Kier molecular flexibility index (Phi) is 4.05. The van der Waals surface area contributed by atoms with Crippen LogP contribution in [0, 0.1) is 13.8 Å². The number of hydrogen-bond donors (Lipinski definition) is 0. The number of halogens is 1. The quantitative estimate of drug-likeness (QED) is 0.690. The zero-order valence-corrected chi connectivity index (χ0v) is 13.9. The predicted molar refractivity (Wildman–Crippen MR) is 88.9 cm³/mol. The van der Waals surface area contributed by atoms with Gasteiger partial charge in [-0.2, -0.15) is 0 Å². The van der Waals surface area contributed by atoms with Crippen LogP contribution < -0.4 is 0 Å². The molecule has 0 unspecified atom stereocenters. The van der Waals surface area contributed by atoms with E-state index in [0.29, 0.717) is 12.2 Å². The van der Waals surface area contributed by atoms with Gasteiger partial charge in [0.15, 0.2) is 11.3 Å². The summed E-state index contributed by atoms with van der Waals surface area (Å²) < 4.78 is 6.72. The van der Waals surface area contributed by atoms with Crippen LogP contribution in [0.4, 0.5) is 0 Å². The number of methoxy groups -OCH3 is 1. The maximum Gasteiger partial charge on any atom is 0.356 e. The van der Waals surface area contributed by atoms with Crippen molar-refractivity contribution in [3.63, 3.8) is 0 Å². The van der Waals surface area contributed by atoms with E-state index >= 15 is 0 Å². The van der Waals surface area contributed by atoms with Gasteiger partial charge in [-0.25, -0.2) is 14.8 Å². The van der Waals surface area contributed by atoms with Crippen LogP contribution >= 0.6 is 11.6 Å². The molecule has 0 amide bonds. The van der Waals surface area contributed by atoms with E-state index in [-0.39, 0.29) is 5.69 Å². The van der Waals surface area contributed by atoms with Crippen molar-refractivity contribution in [2.24, 2.45) is 0 Å². The molecule has 3 aromatic rings. The molecule has 3 rings (SSSR count). The third kappa shape index (κ3) is 2.92. The largest absolute Gasteiger partial charge is 0.464 e. The molecular formula is C17H16ClN3O2. The summed E-state index contributed by atoms with van der Waals surface area (Å²) in [5.74, 6) is 0.340. The fourth-order valence-electron chi connectivity index (χ4n) is 2.49. The lowest BCUT2D eigenvalue weighted by Crippen LogP contribution is -2.05. The van der Waals surface area contributed by atoms with Gasteiger partial charge in [0.1, 0.15) is 5.82 Å². The topological polar surface area (TPSA) is 57.0 Å². The lowest BCUT2D eigenvalue weighted by molar-refractivity contribution is 0.0594. The first-order valence-electron chi connectivity index (χ1n) is 7.17. The van der Waals surface area contributed by atoms with Crippen LogP contribution in [0.25, 0.3) is 11.2 Å². The van der Waals surface area contributed by atoms with Crippen molar-refractivity contribution in [1.29, 1.82) is 0 Å². The highest BCUT2D eigenvalue weighted by Crippen LogP contribution is 2.22. The van der Waals surface area contributed by atoms with E-state index in [1.807, 2.05) is 42.7 Å². The number of fused-ring (bicyclic) bond motifs is 1. The molecular weight excluding hydrogens is 314 g/mol. The van der Waals surface area contributed by atoms with Gasteiger partial charge in [0.05, 0.1) is 19.2 Å². The van der Waals surface area contributed by atoms with E-state index in [0.717, 1.165) is 27.5 Å². The number of aryl methyl sites for hydroxylation is 2. The Hall–Kier alpha value is -2.40. The average molecular weight is 330 g/mol. The van der Waals surface area contributed by atoms with Gasteiger partial charge in [-0.15, -0.1) is 0 Å². The monoisotopic (exact) mass is 329 g/mol. The van der Waals surface area contributed by atoms with Crippen LogP contribution in [0.5, 0.6) is 0 Å². The molecule has 0 spiro atoms. The number of carbonyl (C=O) groups is 1. The molecule has 6 heteroatoms. The molecule has 2 heterocycles. The van der Waals surface area contributed by atoms with Crippen molar-refractivity contribution < 1.29 is 9.53 Å². The maximum atomic E-state index is 11.6. The number of aromatic nitrogens is 3. The Bertz CT molecular complexity index is 902. The summed E-state index contributed by atoms with van der Waals surface area (Å²) in [6, 6.07) is 9.46. The molecule has 2 aromatic heterocycles. The fraction of sp³-hybridized carbons (Fsp3) is 0.235. The van der Waals surface area contributed by atoms with Crippen LogP contribution in [0.15, 0.2) is 30.3 Å². The Morgan fingerprint density at radius 3 is 2.70 bits per heavy atom. The normalized spacial score (nSPS) is 11.0. The Balaban J connectivity index is 2.04. The summed E-state index contributed by atoms with van der Waals surface area (Å²) in [6.45, 7) is 4.51. The minimum Gasteiger partial charge on any atom is -0.464 e. The Morgan fingerprint density at radius 2 is 2.00 bits per heavy atom. The number of ether oxygens (including phenoxy) is 1. The first kappa shape index (κ1) is 15.5. The molecule has 0 aliphatic heterocycles. The lowest BCUT2D eigenvalue weighted by atomic mass is 10.1. The molecule has 0 aliphatic rings. The number of carbonyl (C=O) groups excluding carboxylic acids is 1. The van der Waals surface area contributed by atoms with Crippen molar-refractivity contribution in [3.05, 3.63) is 58.0 Å². The second kappa shape index (κ2) is 6.01. The molecule has 23 heavy (non-hydrogen) atoms. The number of nitrogens with zero attached hydrogens (tertiary/aromatic N) is 3. The predicted octanol–water partition coefficient (Wildman–Crippen LogP) is 3.54. The van der Waals surface area contributed by atoms with Gasteiger partial charge >= 0.3 is 5.97 Å². The fourth-order valence-corrected chi connectivity index (χ4v) is 2.79. The number of imidazole rings is 1. The van der Waals surface area contributed by atoms with Crippen molar-refractivity contribution in [2.45, 2.75) is 20.4 Å². The summed E-state index contributed by atoms with van der Waals surface area (Å²) in [6.07, 6.45) is 0. The summed E-state index contributed by atoms with van der Waals surface area (Å²) >= 11 is 6.32. The number of esters is 1. The van der Waals surface area contributed by atoms with Crippen LogP contribution in [0.1, 0.15) is 27.4 Å². The smallest absolute Gasteiger partial charge is 0.356 e. The van der Waals surface area contributed by atoms with Crippen molar-refractivity contribution in [3.8, 4) is 0 Å². The highest BCUT2D eigenvalue weighted by Gasteiger charge is 2.14. The number of rotatable bonds is 3. The van der Waals surface area contributed by atoms with Crippen molar-refractivity contribution in [2.75, 3.05) is 7.11 Å². The van der Waals surface area contributed by atoms with E-state index < -0.39 is 5.97 Å². The number of hydrogen-bond acceptors (Lipinski definition) is 4. The molecule has 118 valence electrons. The van der Waals surface area contributed by atoms with Gasteiger partial charge in [-0.05, 0) is 43.2 Å². The molecule has 0 atom stereocenters. The molecule has 0 aliphatic carbocycles. The van der Waals surface area contributed by atoms with Gasteiger partial charge in [-0.1, -0.05) is 23.7 Å². The van der Waals surface area contributed by atoms with Crippen LogP contribution in [-0.4, -0.2) is 27.6 Å². The first-order chi connectivity index (χ1) is 11.0. The molecule has 0 saturated carbocycles. The maximum absolute atomic E-state index is 11.6. The van der Waals surface area contributed by atoms with Gasteiger partial charge in [0.2, 0.25) is 0 Å². The van der Waals surface area contributed by atoms with Gasteiger partial charge in [0, 0.05) is 5.02 Å². The van der Waals surface area contributed by atoms with Gasteiger partial charge < -0.3 is 9.30 Å². The van der Waals surface area contributed by atoms with Crippen LogP contribution in [0.2, 0.25) is 5.02 Å². The van der Waals surface area contributed by atoms with E-state index in [2.05, 4.69) is 9.97 Å². The van der Waals surface area contributed by atoms with E-state index in [1.54, 1.807) is 6.07 Å².